The van der Waals surface area contributed by atoms with Gasteiger partial charge < -0.3 is 11.1 Å². The van der Waals surface area contributed by atoms with Gasteiger partial charge in [-0.15, -0.1) is 11.6 Å². The first-order valence-electron chi connectivity index (χ1n) is 5.98. The molecule has 1 rings (SSSR count). The fourth-order valence-electron chi connectivity index (χ4n) is 1.60. The topological polar surface area (TPSA) is 144 Å². The van der Waals surface area contributed by atoms with Gasteiger partial charge in [0.1, 0.15) is 4.90 Å². The molecule has 8 nitrogen and oxygen atoms in total. The first-order chi connectivity index (χ1) is 10.1. The van der Waals surface area contributed by atoms with E-state index in [-0.39, 0.29) is 35.2 Å². The highest BCUT2D eigenvalue weighted by Crippen LogP contribution is 2.22. The Hall–Kier alpha value is -1.36. The number of anilines is 1. The molecule has 0 radical (unpaired) electrons. The molecule has 1 aromatic rings. The molecule has 1 amide bonds. The molecule has 0 saturated carbocycles. The Kier molecular flexibility index (Phi) is 6.17. The molecule has 0 atom stereocenters. The second kappa shape index (κ2) is 7.27. The minimum atomic E-state index is -4.61. The van der Waals surface area contributed by atoms with Gasteiger partial charge in [0.05, 0.1) is 17.2 Å². The molecule has 0 saturated heterocycles. The smallest absolute Gasteiger partial charge is 0.296 e. The van der Waals surface area contributed by atoms with Crippen molar-refractivity contribution in [1.29, 1.82) is 0 Å². The van der Waals surface area contributed by atoms with Crippen LogP contribution in [0.5, 0.6) is 0 Å². The second-order valence-corrected chi connectivity index (χ2v) is 8.39. The van der Waals surface area contributed by atoms with Crippen molar-refractivity contribution in [3.63, 3.8) is 0 Å². The van der Waals surface area contributed by atoms with Crippen molar-refractivity contribution in [2.24, 2.45) is 5.73 Å². The zero-order valence-electron chi connectivity index (χ0n) is 11.3. The number of primary amides is 1. The van der Waals surface area contributed by atoms with E-state index >= 15 is 0 Å². The van der Waals surface area contributed by atoms with Gasteiger partial charge >= 0.3 is 0 Å². The van der Waals surface area contributed by atoms with Crippen LogP contribution in [0.4, 0.5) is 5.69 Å². The Labute approximate surface area is 133 Å². The monoisotopic (exact) mass is 370 g/mol. The molecular weight excluding hydrogens is 356 g/mol. The fraction of sp³-hybridized carbons (Fsp3) is 0.364. The quantitative estimate of drug-likeness (QED) is 0.434. The van der Waals surface area contributed by atoms with Gasteiger partial charge in [0.25, 0.3) is 10.1 Å². The van der Waals surface area contributed by atoms with Gasteiger partial charge in [-0.1, -0.05) is 0 Å². The van der Waals surface area contributed by atoms with Gasteiger partial charge in [0, 0.05) is 18.0 Å². The largest absolute Gasteiger partial charge is 0.383 e. The van der Waals surface area contributed by atoms with E-state index in [1.165, 1.54) is 12.1 Å². The molecule has 0 aliphatic carbocycles. The molecule has 4 N–H and O–H groups in total. The molecule has 0 bridgehead atoms. The van der Waals surface area contributed by atoms with Crippen LogP contribution in [0, 0.1) is 0 Å². The molecule has 0 aliphatic heterocycles. The molecule has 11 heteroatoms. The van der Waals surface area contributed by atoms with Gasteiger partial charge in [-0.3, -0.25) is 9.35 Å². The maximum absolute atomic E-state index is 11.5. The standard InChI is InChI=1S/C11H15ClN2O6S2/c12-3-5-21(16,17)6-4-14-9-2-1-8(11(13)15)7-10(9)22(18,19)20/h1-2,7,14H,3-6H2,(H2,13,15)(H,18,19,20). The van der Waals surface area contributed by atoms with E-state index in [0.717, 1.165) is 6.07 Å². The lowest BCUT2D eigenvalue weighted by molar-refractivity contribution is 0.1000. The Bertz CT molecular complexity index is 761. The van der Waals surface area contributed by atoms with Crippen LogP contribution >= 0.6 is 11.6 Å². The summed E-state index contributed by atoms with van der Waals surface area (Å²) in [4.78, 5) is 10.5. The number of nitrogens with two attached hydrogens (primary N) is 1. The zero-order chi connectivity index (χ0) is 17.0. The summed E-state index contributed by atoms with van der Waals surface area (Å²) in [5.74, 6) is -1.35. The van der Waals surface area contributed by atoms with E-state index in [1.54, 1.807) is 0 Å². The molecule has 0 aliphatic rings. The number of amides is 1. The van der Waals surface area contributed by atoms with Crippen LogP contribution in [0.15, 0.2) is 23.1 Å². The molecule has 0 spiro atoms. The van der Waals surface area contributed by atoms with Crippen molar-refractivity contribution in [1.82, 2.24) is 0 Å². The van der Waals surface area contributed by atoms with Gasteiger partial charge in [0.15, 0.2) is 9.84 Å². The van der Waals surface area contributed by atoms with Crippen molar-refractivity contribution in [2.75, 3.05) is 29.2 Å². The van der Waals surface area contributed by atoms with E-state index in [1.807, 2.05) is 0 Å². The summed E-state index contributed by atoms with van der Waals surface area (Å²) in [6.45, 7) is -0.0857. The predicted octanol–water partition coefficient (Wildman–Crippen LogP) is 0.0977. The summed E-state index contributed by atoms with van der Waals surface area (Å²) in [6, 6.07) is 3.39. The molecule has 0 unspecified atom stereocenters. The van der Waals surface area contributed by atoms with Gasteiger partial charge in [-0.25, -0.2) is 8.42 Å². The highest BCUT2D eigenvalue weighted by Gasteiger charge is 2.18. The summed E-state index contributed by atoms with van der Waals surface area (Å²) < 4.78 is 54.8. The predicted molar refractivity (Wildman–Crippen MR) is 82.6 cm³/mol. The number of carbonyl (C=O) groups is 1. The van der Waals surface area contributed by atoms with Crippen LogP contribution in [0.1, 0.15) is 10.4 Å². The lowest BCUT2D eigenvalue weighted by Crippen LogP contribution is -2.20. The van der Waals surface area contributed by atoms with Crippen molar-refractivity contribution in [3.8, 4) is 0 Å². The van der Waals surface area contributed by atoms with E-state index in [9.17, 15) is 21.6 Å². The molecule has 124 valence electrons. The van der Waals surface area contributed by atoms with Gasteiger partial charge in [-0.05, 0) is 18.2 Å². The zero-order valence-corrected chi connectivity index (χ0v) is 13.7. The third kappa shape index (κ3) is 5.44. The Morgan fingerprint density at radius 2 is 1.86 bits per heavy atom. The maximum Gasteiger partial charge on any atom is 0.296 e. The molecular formula is C11H15ClN2O6S2. The van der Waals surface area contributed by atoms with Crippen LogP contribution in [0.3, 0.4) is 0 Å². The minimum absolute atomic E-state index is 0.0337. The maximum atomic E-state index is 11.5. The van der Waals surface area contributed by atoms with Gasteiger partial charge in [-0.2, -0.15) is 8.42 Å². The minimum Gasteiger partial charge on any atom is -0.383 e. The fourth-order valence-corrected chi connectivity index (χ4v) is 3.85. The number of halogens is 1. The number of hydrogen-bond acceptors (Lipinski definition) is 6. The molecule has 22 heavy (non-hydrogen) atoms. The number of sulfone groups is 1. The summed E-state index contributed by atoms with van der Waals surface area (Å²) in [6.07, 6.45) is 0. The summed E-state index contributed by atoms with van der Waals surface area (Å²) in [7, 11) is -7.96. The summed E-state index contributed by atoms with van der Waals surface area (Å²) in [5, 5.41) is 2.59. The molecule has 0 fully saturated rings. The molecule has 1 aromatic carbocycles. The highest BCUT2D eigenvalue weighted by atomic mass is 35.5. The normalized spacial score (nSPS) is 12.1. The average Bonchev–Trinajstić information content (AvgIpc) is 2.37. The van der Waals surface area contributed by atoms with Crippen molar-refractivity contribution < 1.29 is 26.2 Å². The first kappa shape index (κ1) is 18.7. The average molecular weight is 371 g/mol. The molecule has 0 aromatic heterocycles. The van der Waals surface area contributed by atoms with Crippen LogP contribution in [0.2, 0.25) is 0 Å². The highest BCUT2D eigenvalue weighted by molar-refractivity contribution is 7.91. The van der Waals surface area contributed by atoms with Crippen molar-refractivity contribution in [2.45, 2.75) is 4.90 Å². The third-order valence-corrected chi connectivity index (χ3v) is 5.62. The van der Waals surface area contributed by atoms with Crippen LogP contribution in [-0.2, 0) is 20.0 Å². The number of rotatable bonds is 8. The van der Waals surface area contributed by atoms with Crippen LogP contribution < -0.4 is 11.1 Å². The van der Waals surface area contributed by atoms with Crippen molar-refractivity contribution >= 4 is 43.2 Å². The SMILES string of the molecule is NC(=O)c1ccc(NCCS(=O)(=O)CCCl)c(S(=O)(=O)O)c1. The van der Waals surface area contributed by atoms with E-state index in [4.69, 9.17) is 21.9 Å². The summed E-state index contributed by atoms with van der Waals surface area (Å²) in [5.41, 5.74) is 4.90. The van der Waals surface area contributed by atoms with Gasteiger partial charge in [0.2, 0.25) is 5.91 Å². The number of nitrogens with one attached hydrogen (secondary N) is 1. The van der Waals surface area contributed by atoms with Crippen LogP contribution in [-0.4, -0.2) is 51.2 Å². The van der Waals surface area contributed by atoms with Crippen molar-refractivity contribution in [3.05, 3.63) is 23.8 Å². The lowest BCUT2D eigenvalue weighted by atomic mass is 10.2. The van der Waals surface area contributed by atoms with E-state index < -0.39 is 30.8 Å². The second-order valence-electron chi connectivity index (χ2n) is 4.32. The first-order valence-corrected chi connectivity index (χ1v) is 9.78. The Balaban J connectivity index is 2.98. The number of benzene rings is 1. The molecule has 0 heterocycles. The van der Waals surface area contributed by atoms with E-state index in [0.29, 0.717) is 0 Å². The Morgan fingerprint density at radius 3 is 2.36 bits per heavy atom. The number of alkyl halides is 1. The summed E-state index contributed by atoms with van der Waals surface area (Å²) >= 11 is 5.36. The number of carbonyl (C=O) groups excluding carboxylic acids is 1. The van der Waals surface area contributed by atoms with E-state index in [2.05, 4.69) is 5.32 Å². The lowest BCUT2D eigenvalue weighted by Gasteiger charge is -2.11. The Morgan fingerprint density at radius 1 is 1.23 bits per heavy atom. The van der Waals surface area contributed by atoms with Crippen LogP contribution in [0.25, 0.3) is 0 Å². The number of hydrogen-bond donors (Lipinski definition) is 3. The third-order valence-electron chi connectivity index (χ3n) is 2.66.